The second-order valence-electron chi connectivity index (χ2n) is 6.01. The minimum atomic E-state index is -0.335. The number of nitrogens with zero attached hydrogens (tertiary/aromatic N) is 3. The second-order valence-corrected chi connectivity index (χ2v) is 6.01. The maximum absolute atomic E-state index is 11.4. The van der Waals surface area contributed by atoms with Crippen LogP contribution in [0.4, 0.5) is 0 Å². The van der Waals surface area contributed by atoms with Crippen LogP contribution in [-0.2, 0) is 11.3 Å². The first-order chi connectivity index (χ1) is 10.1. The molecule has 1 aromatic heterocycles. The number of carbonyl (C=O) groups excluding carboxylic acids is 1. The molecular weight excluding hydrogens is 266 g/mol. The van der Waals surface area contributed by atoms with Crippen LogP contribution in [0.2, 0.25) is 0 Å². The Morgan fingerprint density at radius 1 is 1.38 bits per heavy atom. The molecule has 2 heterocycles. The molecule has 1 aromatic rings. The van der Waals surface area contributed by atoms with Gasteiger partial charge in [-0.3, -0.25) is 9.88 Å². The number of pyridine rings is 1. The van der Waals surface area contributed by atoms with Crippen molar-refractivity contribution in [1.82, 2.24) is 14.8 Å². The molecule has 1 fully saturated rings. The maximum Gasteiger partial charge on any atom is 0.339 e. The van der Waals surface area contributed by atoms with E-state index in [1.165, 1.54) is 26.5 Å². The molecule has 21 heavy (non-hydrogen) atoms. The zero-order chi connectivity index (χ0) is 15.2. The highest BCUT2D eigenvalue weighted by molar-refractivity contribution is 5.88. The van der Waals surface area contributed by atoms with E-state index in [1.807, 2.05) is 6.07 Å². The number of methoxy groups -OCH3 is 1. The van der Waals surface area contributed by atoms with Gasteiger partial charge in [0.2, 0.25) is 0 Å². The lowest BCUT2D eigenvalue weighted by atomic mass is 9.96. The number of rotatable bonds is 5. The van der Waals surface area contributed by atoms with Gasteiger partial charge in [0.25, 0.3) is 0 Å². The van der Waals surface area contributed by atoms with Crippen molar-refractivity contribution < 1.29 is 9.53 Å². The number of piperidine rings is 1. The first kappa shape index (κ1) is 15.9. The third-order valence-corrected chi connectivity index (χ3v) is 3.96. The van der Waals surface area contributed by atoms with Gasteiger partial charge in [-0.1, -0.05) is 0 Å². The average Bonchev–Trinajstić information content (AvgIpc) is 2.49. The summed E-state index contributed by atoms with van der Waals surface area (Å²) in [5, 5.41) is 0. The molecule has 0 radical (unpaired) electrons. The predicted octanol–water partition coefficient (Wildman–Crippen LogP) is 1.64. The zero-order valence-corrected chi connectivity index (χ0v) is 13.2. The van der Waals surface area contributed by atoms with E-state index in [4.69, 9.17) is 0 Å². The Labute approximate surface area is 126 Å². The number of hydrogen-bond acceptors (Lipinski definition) is 5. The van der Waals surface area contributed by atoms with E-state index in [0.29, 0.717) is 5.56 Å². The van der Waals surface area contributed by atoms with Crippen LogP contribution in [0, 0.1) is 5.92 Å². The van der Waals surface area contributed by atoms with Crippen molar-refractivity contribution in [3.63, 3.8) is 0 Å². The fraction of sp³-hybridized carbons (Fsp3) is 0.625. The molecule has 0 aromatic carbocycles. The van der Waals surface area contributed by atoms with Crippen LogP contribution < -0.4 is 0 Å². The largest absolute Gasteiger partial charge is 0.465 e. The normalized spacial score (nSPS) is 17.1. The highest BCUT2D eigenvalue weighted by Gasteiger charge is 2.20. The summed E-state index contributed by atoms with van der Waals surface area (Å²) in [6.07, 6.45) is 4.09. The van der Waals surface area contributed by atoms with Gasteiger partial charge in [0.1, 0.15) is 0 Å². The number of hydrogen-bond donors (Lipinski definition) is 0. The van der Waals surface area contributed by atoms with Gasteiger partial charge in [0, 0.05) is 19.3 Å². The fourth-order valence-electron chi connectivity index (χ4n) is 2.83. The van der Waals surface area contributed by atoms with Crippen LogP contribution in [0.3, 0.4) is 0 Å². The lowest BCUT2D eigenvalue weighted by Crippen LogP contribution is -2.36. The quantitative estimate of drug-likeness (QED) is 0.772. The third kappa shape index (κ3) is 4.79. The number of aromatic nitrogens is 1. The van der Waals surface area contributed by atoms with E-state index < -0.39 is 0 Å². The molecule has 0 unspecified atom stereocenters. The monoisotopic (exact) mass is 291 g/mol. The summed E-state index contributed by atoms with van der Waals surface area (Å²) < 4.78 is 4.68. The molecule has 5 nitrogen and oxygen atoms in total. The fourth-order valence-corrected chi connectivity index (χ4v) is 2.83. The molecule has 0 saturated carbocycles. The number of carbonyl (C=O) groups is 1. The molecular formula is C16H25N3O2. The average molecular weight is 291 g/mol. The maximum atomic E-state index is 11.4. The Kier molecular flexibility index (Phi) is 5.70. The molecule has 1 aliphatic heterocycles. The van der Waals surface area contributed by atoms with Crippen molar-refractivity contribution in [3.05, 3.63) is 29.6 Å². The molecule has 1 aliphatic rings. The SMILES string of the molecule is COC(=O)c1ccc(CN2CCC(CN(C)C)CC2)nc1. The molecule has 116 valence electrons. The Bertz CT molecular complexity index is 451. The summed E-state index contributed by atoms with van der Waals surface area (Å²) in [6.45, 7) is 4.29. The Morgan fingerprint density at radius 2 is 2.10 bits per heavy atom. The van der Waals surface area contributed by atoms with Crippen molar-refractivity contribution in [3.8, 4) is 0 Å². The molecule has 0 bridgehead atoms. The van der Waals surface area contributed by atoms with E-state index in [-0.39, 0.29) is 5.97 Å². The number of likely N-dealkylation sites (tertiary alicyclic amines) is 1. The van der Waals surface area contributed by atoms with Gasteiger partial charge < -0.3 is 9.64 Å². The van der Waals surface area contributed by atoms with Gasteiger partial charge in [0.15, 0.2) is 0 Å². The summed E-state index contributed by atoms with van der Waals surface area (Å²) in [5.74, 6) is 0.476. The highest BCUT2D eigenvalue weighted by Crippen LogP contribution is 2.19. The molecule has 0 N–H and O–H groups in total. The zero-order valence-electron chi connectivity index (χ0n) is 13.2. The Balaban J connectivity index is 1.82. The van der Waals surface area contributed by atoms with Gasteiger partial charge in [0.05, 0.1) is 18.4 Å². The molecule has 2 rings (SSSR count). The summed E-state index contributed by atoms with van der Waals surface area (Å²) in [7, 11) is 5.66. The summed E-state index contributed by atoms with van der Waals surface area (Å²) >= 11 is 0. The lowest BCUT2D eigenvalue weighted by Gasteiger charge is -2.32. The minimum Gasteiger partial charge on any atom is -0.465 e. The van der Waals surface area contributed by atoms with Crippen molar-refractivity contribution in [2.75, 3.05) is 40.8 Å². The van der Waals surface area contributed by atoms with Crippen LogP contribution in [0.15, 0.2) is 18.3 Å². The third-order valence-electron chi connectivity index (χ3n) is 3.96. The molecule has 0 aliphatic carbocycles. The summed E-state index contributed by atoms with van der Waals surface area (Å²) in [6, 6.07) is 3.70. The predicted molar refractivity (Wildman–Crippen MR) is 82.1 cm³/mol. The lowest BCUT2D eigenvalue weighted by molar-refractivity contribution is 0.0600. The first-order valence-corrected chi connectivity index (χ1v) is 7.49. The number of ether oxygens (including phenoxy) is 1. The van der Waals surface area contributed by atoms with E-state index in [1.54, 1.807) is 12.3 Å². The standard InChI is InChI=1S/C16H25N3O2/c1-18(2)11-13-6-8-19(9-7-13)12-15-5-4-14(10-17-15)16(20)21-3/h4-5,10,13H,6-9,11-12H2,1-3H3. The van der Waals surface area contributed by atoms with E-state index in [2.05, 4.69) is 33.6 Å². The smallest absolute Gasteiger partial charge is 0.339 e. The minimum absolute atomic E-state index is 0.335. The number of esters is 1. The molecule has 0 atom stereocenters. The molecule has 1 saturated heterocycles. The topological polar surface area (TPSA) is 45.7 Å². The Hall–Kier alpha value is -1.46. The Morgan fingerprint density at radius 3 is 2.62 bits per heavy atom. The van der Waals surface area contributed by atoms with E-state index in [9.17, 15) is 4.79 Å². The molecule has 0 amide bonds. The van der Waals surface area contributed by atoms with Crippen molar-refractivity contribution in [2.45, 2.75) is 19.4 Å². The van der Waals surface area contributed by atoms with Crippen molar-refractivity contribution >= 4 is 5.97 Å². The van der Waals surface area contributed by atoms with Crippen LogP contribution in [-0.4, -0.2) is 61.6 Å². The van der Waals surface area contributed by atoms with Gasteiger partial charge in [-0.25, -0.2) is 4.79 Å². The van der Waals surface area contributed by atoms with Crippen LogP contribution >= 0.6 is 0 Å². The van der Waals surface area contributed by atoms with Gasteiger partial charge in [-0.05, 0) is 58.1 Å². The van der Waals surface area contributed by atoms with Crippen molar-refractivity contribution in [1.29, 1.82) is 0 Å². The van der Waals surface area contributed by atoms with Gasteiger partial charge >= 0.3 is 5.97 Å². The first-order valence-electron chi connectivity index (χ1n) is 7.49. The van der Waals surface area contributed by atoms with E-state index in [0.717, 1.165) is 31.2 Å². The highest BCUT2D eigenvalue weighted by atomic mass is 16.5. The summed E-state index contributed by atoms with van der Waals surface area (Å²) in [5.41, 5.74) is 1.51. The van der Waals surface area contributed by atoms with Crippen molar-refractivity contribution in [2.24, 2.45) is 5.92 Å². The summed E-state index contributed by atoms with van der Waals surface area (Å²) in [4.78, 5) is 20.4. The van der Waals surface area contributed by atoms with Gasteiger partial charge in [-0.2, -0.15) is 0 Å². The van der Waals surface area contributed by atoms with Gasteiger partial charge in [-0.15, -0.1) is 0 Å². The molecule has 5 heteroatoms. The van der Waals surface area contributed by atoms with Crippen LogP contribution in [0.1, 0.15) is 28.9 Å². The van der Waals surface area contributed by atoms with E-state index >= 15 is 0 Å². The molecule has 0 spiro atoms. The van der Waals surface area contributed by atoms with Crippen LogP contribution in [0.25, 0.3) is 0 Å². The van der Waals surface area contributed by atoms with Crippen LogP contribution in [0.5, 0.6) is 0 Å². The second kappa shape index (κ2) is 7.52.